The summed E-state index contributed by atoms with van der Waals surface area (Å²) in [4.78, 5) is 25.0. The molecule has 0 fully saturated rings. The van der Waals surface area contributed by atoms with E-state index in [1.807, 2.05) is 19.7 Å². The Morgan fingerprint density at radius 2 is 1.85 bits per heavy atom. The van der Waals surface area contributed by atoms with Crippen molar-refractivity contribution < 1.29 is 14.7 Å². The van der Waals surface area contributed by atoms with Crippen molar-refractivity contribution in [2.75, 3.05) is 24.9 Å². The number of nitrogens with zero attached hydrogens (tertiary/aromatic N) is 1. The molecule has 0 heterocycles. The predicted octanol–water partition coefficient (Wildman–Crippen LogP) is 0.853. The molecule has 0 radical (unpaired) electrons. The molecule has 0 unspecified atom stereocenters. The number of carbonyl (C=O) groups is 2. The Morgan fingerprint density at radius 3 is 2.25 bits per heavy atom. The van der Waals surface area contributed by atoms with Gasteiger partial charge < -0.3 is 15.3 Å². The minimum absolute atomic E-state index is 0.0806. The number of aryl methyl sites for hydroxylation is 2. The van der Waals surface area contributed by atoms with Crippen LogP contribution in [-0.2, 0) is 4.79 Å². The fourth-order valence-electron chi connectivity index (χ4n) is 2.11. The van der Waals surface area contributed by atoms with E-state index in [4.69, 9.17) is 5.11 Å². The quantitative estimate of drug-likeness (QED) is 0.756. The highest BCUT2D eigenvalue weighted by Gasteiger charge is 2.13. The number of benzene rings is 1. The van der Waals surface area contributed by atoms with E-state index < -0.39 is 5.97 Å². The maximum Gasteiger partial charge on any atom is 0.335 e. The maximum absolute atomic E-state index is 12.0. The fraction of sp³-hybridized carbons (Fsp3) is 0.429. The third-order valence-electron chi connectivity index (χ3n) is 3.31. The van der Waals surface area contributed by atoms with Crippen molar-refractivity contribution in [3.05, 3.63) is 28.8 Å². The van der Waals surface area contributed by atoms with Crippen LogP contribution in [0.4, 0.5) is 5.69 Å². The van der Waals surface area contributed by atoms with Crippen molar-refractivity contribution in [2.24, 2.45) is 0 Å². The van der Waals surface area contributed by atoms with E-state index in [9.17, 15) is 9.59 Å². The van der Waals surface area contributed by atoms with E-state index in [-0.39, 0.29) is 11.5 Å². The SMILES string of the molecule is BCN(CC)CC(=O)Nc1c(C)cc(C(=O)O)cc1C. The van der Waals surface area contributed by atoms with Gasteiger partial charge in [0.05, 0.1) is 12.1 Å². The van der Waals surface area contributed by atoms with Gasteiger partial charge in [-0.25, -0.2) is 4.79 Å². The van der Waals surface area contributed by atoms with Gasteiger partial charge in [0.1, 0.15) is 7.85 Å². The molecule has 0 aliphatic heterocycles. The molecule has 0 aliphatic carbocycles. The molecule has 1 rings (SSSR count). The van der Waals surface area contributed by atoms with Crippen LogP contribution in [0.3, 0.4) is 0 Å². The summed E-state index contributed by atoms with van der Waals surface area (Å²) < 4.78 is 0. The Kier molecular flexibility index (Phi) is 5.76. The summed E-state index contributed by atoms with van der Waals surface area (Å²) in [7, 11) is 2.01. The highest BCUT2D eigenvalue weighted by atomic mass is 16.4. The monoisotopic (exact) mass is 276 g/mol. The molecule has 2 N–H and O–H groups in total. The van der Waals surface area contributed by atoms with E-state index in [0.717, 1.165) is 24.1 Å². The zero-order valence-corrected chi connectivity index (χ0v) is 12.5. The molecule has 0 bridgehead atoms. The van der Waals surface area contributed by atoms with Gasteiger partial charge in [-0.1, -0.05) is 6.92 Å². The Morgan fingerprint density at radius 1 is 1.30 bits per heavy atom. The molecular formula is C14H21BN2O3. The molecule has 1 aromatic carbocycles. The first-order valence-electron chi connectivity index (χ1n) is 6.75. The third-order valence-corrected chi connectivity index (χ3v) is 3.31. The number of anilines is 1. The first-order valence-corrected chi connectivity index (χ1v) is 6.75. The van der Waals surface area contributed by atoms with Gasteiger partial charge in [0.15, 0.2) is 0 Å². The number of amides is 1. The average Bonchev–Trinajstić information content (AvgIpc) is 2.39. The average molecular weight is 276 g/mol. The zero-order chi connectivity index (χ0) is 15.3. The minimum Gasteiger partial charge on any atom is -0.478 e. The van der Waals surface area contributed by atoms with Crippen molar-refractivity contribution in [2.45, 2.75) is 20.8 Å². The molecule has 0 spiro atoms. The molecule has 0 atom stereocenters. The number of carboxylic acid groups (broad SMARTS) is 1. The van der Waals surface area contributed by atoms with Crippen LogP contribution in [-0.4, -0.2) is 49.3 Å². The number of hydrogen-bond acceptors (Lipinski definition) is 3. The van der Waals surface area contributed by atoms with Gasteiger partial charge >= 0.3 is 5.97 Å². The van der Waals surface area contributed by atoms with Crippen molar-refractivity contribution in [1.82, 2.24) is 4.90 Å². The van der Waals surface area contributed by atoms with E-state index in [1.54, 1.807) is 26.0 Å². The molecular weight excluding hydrogens is 255 g/mol. The van der Waals surface area contributed by atoms with Gasteiger partial charge in [-0.15, -0.1) is 0 Å². The van der Waals surface area contributed by atoms with Crippen LogP contribution in [0.15, 0.2) is 12.1 Å². The summed E-state index contributed by atoms with van der Waals surface area (Å²) in [5.41, 5.74) is 2.46. The first kappa shape index (κ1) is 16.2. The summed E-state index contributed by atoms with van der Waals surface area (Å²) in [6.07, 6.45) is 0.819. The predicted molar refractivity (Wildman–Crippen MR) is 82.2 cm³/mol. The molecule has 0 aliphatic rings. The first-order chi connectivity index (χ1) is 9.38. The minimum atomic E-state index is -0.961. The standard InChI is InChI=1S/C14H21BN2O3/c1-4-17(8-15)7-12(18)16-13-9(2)5-11(14(19)20)6-10(13)3/h5-6H,4,7-8,15H2,1-3H3,(H,16,18)(H,19,20). The van der Waals surface area contributed by atoms with Crippen molar-refractivity contribution in [3.8, 4) is 0 Å². The van der Waals surface area contributed by atoms with Crippen LogP contribution in [0.5, 0.6) is 0 Å². The summed E-state index contributed by atoms with van der Waals surface area (Å²) in [6.45, 7) is 6.76. The van der Waals surface area contributed by atoms with E-state index >= 15 is 0 Å². The van der Waals surface area contributed by atoms with Gasteiger partial charge in [0.25, 0.3) is 0 Å². The molecule has 0 aromatic heterocycles. The largest absolute Gasteiger partial charge is 0.478 e. The van der Waals surface area contributed by atoms with Gasteiger partial charge in [-0.2, -0.15) is 0 Å². The van der Waals surface area contributed by atoms with Crippen LogP contribution >= 0.6 is 0 Å². The summed E-state index contributed by atoms with van der Waals surface area (Å²) in [5, 5.41) is 11.9. The second-order valence-electron chi connectivity index (χ2n) is 4.80. The summed E-state index contributed by atoms with van der Waals surface area (Å²) >= 11 is 0. The van der Waals surface area contributed by atoms with E-state index in [2.05, 4.69) is 5.32 Å². The van der Waals surface area contributed by atoms with Crippen LogP contribution in [0.25, 0.3) is 0 Å². The molecule has 6 heteroatoms. The van der Waals surface area contributed by atoms with Crippen molar-refractivity contribution in [3.63, 3.8) is 0 Å². The lowest BCUT2D eigenvalue weighted by Crippen LogP contribution is -2.34. The lowest BCUT2D eigenvalue weighted by atomic mass is 10.0. The summed E-state index contributed by atoms with van der Waals surface area (Å²) in [5.74, 6) is -1.04. The molecule has 0 saturated carbocycles. The van der Waals surface area contributed by atoms with Gasteiger partial charge in [0.2, 0.25) is 5.91 Å². The molecule has 1 aromatic rings. The molecule has 1 amide bonds. The molecule has 108 valence electrons. The zero-order valence-electron chi connectivity index (χ0n) is 12.5. The normalized spacial score (nSPS) is 10.6. The number of likely N-dealkylation sites (N-methyl/N-ethyl adjacent to an activating group) is 1. The second-order valence-corrected chi connectivity index (χ2v) is 4.80. The lowest BCUT2D eigenvalue weighted by Gasteiger charge is -2.19. The molecule has 0 saturated heterocycles. The van der Waals surface area contributed by atoms with Crippen LogP contribution < -0.4 is 5.32 Å². The number of carboxylic acids is 1. The third kappa shape index (κ3) is 4.10. The van der Waals surface area contributed by atoms with Crippen molar-refractivity contribution in [1.29, 1.82) is 0 Å². The van der Waals surface area contributed by atoms with E-state index in [0.29, 0.717) is 12.2 Å². The van der Waals surface area contributed by atoms with Crippen LogP contribution in [0.1, 0.15) is 28.4 Å². The molecule has 5 nitrogen and oxygen atoms in total. The number of nitrogens with one attached hydrogen (secondary N) is 1. The highest BCUT2D eigenvalue weighted by molar-refractivity contribution is 6.09. The fourth-order valence-corrected chi connectivity index (χ4v) is 2.11. The topological polar surface area (TPSA) is 69.6 Å². The van der Waals surface area contributed by atoms with Gasteiger partial charge in [0, 0.05) is 5.69 Å². The lowest BCUT2D eigenvalue weighted by molar-refractivity contribution is -0.117. The van der Waals surface area contributed by atoms with Crippen LogP contribution in [0.2, 0.25) is 0 Å². The highest BCUT2D eigenvalue weighted by Crippen LogP contribution is 2.22. The Hall–Kier alpha value is -1.82. The second kappa shape index (κ2) is 7.10. The number of rotatable bonds is 6. The summed E-state index contributed by atoms with van der Waals surface area (Å²) in [6, 6.07) is 3.14. The Labute approximate surface area is 120 Å². The number of carbonyl (C=O) groups excluding carboxylic acids is 1. The number of hydrogen-bond donors (Lipinski definition) is 2. The maximum atomic E-state index is 12.0. The molecule has 20 heavy (non-hydrogen) atoms. The van der Waals surface area contributed by atoms with Crippen molar-refractivity contribution >= 4 is 25.4 Å². The Balaban J connectivity index is 2.88. The van der Waals surface area contributed by atoms with Gasteiger partial charge in [-0.3, -0.25) is 4.79 Å². The van der Waals surface area contributed by atoms with E-state index in [1.165, 1.54) is 0 Å². The number of aromatic carboxylic acids is 1. The smallest absolute Gasteiger partial charge is 0.335 e. The van der Waals surface area contributed by atoms with Crippen LogP contribution in [0, 0.1) is 13.8 Å². The Bertz CT molecular complexity index is 490. The van der Waals surface area contributed by atoms with Gasteiger partial charge in [-0.05, 0) is 50.1 Å².